The molecule has 1 fully saturated rings. The van der Waals surface area contributed by atoms with Crippen LogP contribution < -0.4 is 9.47 Å². The van der Waals surface area contributed by atoms with E-state index in [1.165, 1.54) is 0 Å². The Morgan fingerprint density at radius 2 is 2.05 bits per heavy atom. The number of ether oxygens (including phenoxy) is 2. The second-order valence-corrected chi connectivity index (χ2v) is 5.11. The first kappa shape index (κ1) is 14.7. The van der Waals surface area contributed by atoms with Crippen LogP contribution in [0, 0.1) is 0 Å². The second kappa shape index (κ2) is 6.64. The molecule has 1 heterocycles. The van der Waals surface area contributed by atoms with Gasteiger partial charge in [-0.2, -0.15) is 0 Å². The molecule has 0 aromatic heterocycles. The second-order valence-electron chi connectivity index (χ2n) is 5.11. The number of hydrogen-bond acceptors (Lipinski definition) is 3. The topological polar surface area (TPSA) is 38.8 Å². The number of carbonyl (C=O) groups is 1. The fraction of sp³-hybridized carbons (Fsp3) is 0.562. The summed E-state index contributed by atoms with van der Waals surface area (Å²) < 4.78 is 10.6. The normalized spacial score (nSPS) is 18.1. The van der Waals surface area contributed by atoms with Crippen LogP contribution in [0.3, 0.4) is 0 Å². The molecular weight excluding hydrogens is 254 g/mol. The minimum Gasteiger partial charge on any atom is -0.493 e. The molecule has 1 aromatic rings. The molecule has 4 nitrogen and oxygen atoms in total. The van der Waals surface area contributed by atoms with Crippen LogP contribution in [0.25, 0.3) is 0 Å². The molecule has 0 unspecified atom stereocenters. The molecule has 4 heteroatoms. The van der Waals surface area contributed by atoms with Crippen LogP contribution in [-0.4, -0.2) is 31.6 Å². The highest BCUT2D eigenvalue weighted by atomic mass is 16.5. The third-order valence-corrected chi connectivity index (χ3v) is 3.83. The highest BCUT2D eigenvalue weighted by molar-refractivity contribution is 5.77. The molecule has 0 bridgehead atoms. The number of amides is 1. The fourth-order valence-corrected chi connectivity index (χ4v) is 2.83. The predicted molar refractivity (Wildman–Crippen MR) is 78.1 cm³/mol. The molecular formula is C16H23NO3. The van der Waals surface area contributed by atoms with E-state index in [2.05, 4.69) is 0 Å². The van der Waals surface area contributed by atoms with Gasteiger partial charge in [0.2, 0.25) is 5.91 Å². The number of methoxy groups -OCH3 is 2. The van der Waals surface area contributed by atoms with Gasteiger partial charge >= 0.3 is 0 Å². The van der Waals surface area contributed by atoms with Gasteiger partial charge in [0.1, 0.15) is 0 Å². The zero-order chi connectivity index (χ0) is 14.5. The molecule has 0 spiro atoms. The minimum atomic E-state index is 0.175. The molecule has 0 aliphatic carbocycles. The molecule has 1 aromatic carbocycles. The molecule has 1 saturated heterocycles. The molecule has 1 aliphatic heterocycles. The summed E-state index contributed by atoms with van der Waals surface area (Å²) >= 11 is 0. The third-order valence-electron chi connectivity index (χ3n) is 3.83. The summed E-state index contributed by atoms with van der Waals surface area (Å²) in [5.74, 6) is 1.70. The molecule has 1 amide bonds. The third kappa shape index (κ3) is 2.89. The lowest BCUT2D eigenvalue weighted by Crippen LogP contribution is -2.30. The molecule has 1 aliphatic rings. The molecule has 2 rings (SSSR count). The van der Waals surface area contributed by atoms with Crippen molar-refractivity contribution in [2.75, 3.05) is 20.8 Å². The zero-order valence-electron chi connectivity index (χ0n) is 12.5. The number of benzene rings is 1. The highest BCUT2D eigenvalue weighted by Gasteiger charge is 2.29. The molecule has 0 saturated carbocycles. The van der Waals surface area contributed by atoms with Crippen molar-refractivity contribution >= 4 is 5.91 Å². The van der Waals surface area contributed by atoms with E-state index in [1.54, 1.807) is 14.2 Å². The van der Waals surface area contributed by atoms with Gasteiger partial charge in [0.05, 0.1) is 20.3 Å². The maximum atomic E-state index is 12.2. The Bertz CT molecular complexity index is 473. The quantitative estimate of drug-likeness (QED) is 0.829. The Morgan fingerprint density at radius 1 is 1.30 bits per heavy atom. The summed E-state index contributed by atoms with van der Waals surface area (Å²) in [6.07, 6.45) is 3.61. The average molecular weight is 277 g/mol. The number of nitrogens with zero attached hydrogens (tertiary/aromatic N) is 1. The summed E-state index contributed by atoms with van der Waals surface area (Å²) in [5, 5.41) is 0. The number of carbonyl (C=O) groups excluding carboxylic acids is 1. The standard InChI is InChI=1S/C16H23NO3/c1-4-6-16(18)17-10-5-7-13(17)12-8-9-14(19-2)15(11-12)20-3/h8-9,11,13H,4-7,10H2,1-3H3/t13-/m0/s1. The Morgan fingerprint density at radius 3 is 2.70 bits per heavy atom. The maximum absolute atomic E-state index is 12.2. The van der Waals surface area contributed by atoms with Crippen molar-refractivity contribution in [1.82, 2.24) is 4.90 Å². The Balaban J connectivity index is 2.23. The van der Waals surface area contributed by atoms with E-state index >= 15 is 0 Å². The van der Waals surface area contributed by atoms with Crippen LogP contribution in [0.15, 0.2) is 18.2 Å². The average Bonchev–Trinajstić information content (AvgIpc) is 2.96. The lowest BCUT2D eigenvalue weighted by molar-refractivity contribution is -0.132. The summed E-state index contributed by atoms with van der Waals surface area (Å²) in [6.45, 7) is 2.90. The van der Waals surface area contributed by atoms with E-state index in [4.69, 9.17) is 9.47 Å². The van der Waals surface area contributed by atoms with E-state index in [9.17, 15) is 4.79 Å². The summed E-state index contributed by atoms with van der Waals surface area (Å²) in [5.41, 5.74) is 1.13. The number of rotatable bonds is 5. The van der Waals surface area contributed by atoms with Crippen molar-refractivity contribution in [3.05, 3.63) is 23.8 Å². The fourth-order valence-electron chi connectivity index (χ4n) is 2.83. The van der Waals surface area contributed by atoms with Gasteiger partial charge in [0, 0.05) is 13.0 Å². The van der Waals surface area contributed by atoms with Crippen molar-refractivity contribution in [2.45, 2.75) is 38.6 Å². The number of hydrogen-bond donors (Lipinski definition) is 0. The van der Waals surface area contributed by atoms with Gasteiger partial charge in [0.15, 0.2) is 11.5 Å². The SMILES string of the molecule is CCCC(=O)N1CCC[C@H]1c1ccc(OC)c(OC)c1. The van der Waals surface area contributed by atoms with Crippen LogP contribution in [0.4, 0.5) is 0 Å². The van der Waals surface area contributed by atoms with Gasteiger partial charge in [-0.3, -0.25) is 4.79 Å². The number of likely N-dealkylation sites (tertiary alicyclic amines) is 1. The summed E-state index contributed by atoms with van der Waals surface area (Å²) in [4.78, 5) is 14.2. The van der Waals surface area contributed by atoms with E-state index in [-0.39, 0.29) is 11.9 Å². The first-order valence-electron chi connectivity index (χ1n) is 7.22. The zero-order valence-corrected chi connectivity index (χ0v) is 12.5. The summed E-state index contributed by atoms with van der Waals surface area (Å²) in [7, 11) is 3.26. The summed E-state index contributed by atoms with van der Waals surface area (Å²) in [6, 6.07) is 6.11. The Hall–Kier alpha value is -1.71. The van der Waals surface area contributed by atoms with Crippen LogP contribution in [0.2, 0.25) is 0 Å². The van der Waals surface area contributed by atoms with Crippen LogP contribution in [0.5, 0.6) is 11.5 Å². The largest absolute Gasteiger partial charge is 0.493 e. The van der Waals surface area contributed by atoms with Crippen molar-refractivity contribution < 1.29 is 14.3 Å². The van der Waals surface area contributed by atoms with E-state index in [0.717, 1.165) is 42.9 Å². The van der Waals surface area contributed by atoms with Gasteiger partial charge in [-0.15, -0.1) is 0 Å². The van der Waals surface area contributed by atoms with Crippen molar-refractivity contribution in [3.63, 3.8) is 0 Å². The van der Waals surface area contributed by atoms with Gasteiger partial charge < -0.3 is 14.4 Å². The first-order valence-corrected chi connectivity index (χ1v) is 7.22. The molecule has 0 N–H and O–H groups in total. The van der Waals surface area contributed by atoms with Gasteiger partial charge in [-0.1, -0.05) is 13.0 Å². The van der Waals surface area contributed by atoms with Crippen molar-refractivity contribution in [2.24, 2.45) is 0 Å². The van der Waals surface area contributed by atoms with Gasteiger partial charge in [0.25, 0.3) is 0 Å². The molecule has 110 valence electrons. The Labute approximate surface area is 120 Å². The van der Waals surface area contributed by atoms with Crippen molar-refractivity contribution in [1.29, 1.82) is 0 Å². The maximum Gasteiger partial charge on any atom is 0.223 e. The van der Waals surface area contributed by atoms with E-state index < -0.39 is 0 Å². The van der Waals surface area contributed by atoms with Crippen molar-refractivity contribution in [3.8, 4) is 11.5 Å². The van der Waals surface area contributed by atoms with Gasteiger partial charge in [-0.05, 0) is 37.0 Å². The lowest BCUT2D eigenvalue weighted by Gasteiger charge is -2.25. The Kier molecular flexibility index (Phi) is 4.88. The minimum absolute atomic E-state index is 0.175. The van der Waals surface area contributed by atoms with Crippen LogP contribution >= 0.6 is 0 Å². The van der Waals surface area contributed by atoms with Gasteiger partial charge in [-0.25, -0.2) is 0 Å². The smallest absolute Gasteiger partial charge is 0.223 e. The monoisotopic (exact) mass is 277 g/mol. The molecule has 20 heavy (non-hydrogen) atoms. The molecule has 0 radical (unpaired) electrons. The van der Waals surface area contributed by atoms with E-state index in [0.29, 0.717) is 6.42 Å². The highest BCUT2D eigenvalue weighted by Crippen LogP contribution is 2.37. The van der Waals surface area contributed by atoms with E-state index in [1.807, 2.05) is 30.0 Å². The first-order chi connectivity index (χ1) is 9.71. The molecule has 1 atom stereocenters. The predicted octanol–water partition coefficient (Wildman–Crippen LogP) is 3.17. The van der Waals surface area contributed by atoms with Crippen LogP contribution in [0.1, 0.15) is 44.2 Å². The lowest BCUT2D eigenvalue weighted by atomic mass is 10.0. The van der Waals surface area contributed by atoms with Crippen LogP contribution in [-0.2, 0) is 4.79 Å².